The molecule has 1 atom stereocenters. The second-order valence-electron chi connectivity index (χ2n) is 5.24. The highest BCUT2D eigenvalue weighted by atomic mass is 16.5. The van der Waals surface area contributed by atoms with Crippen LogP contribution in [0.2, 0.25) is 0 Å². The van der Waals surface area contributed by atoms with Crippen molar-refractivity contribution < 1.29 is 4.74 Å². The Kier molecular flexibility index (Phi) is 7.04. The minimum atomic E-state index is 0.0104. The summed E-state index contributed by atoms with van der Waals surface area (Å²) in [6.45, 7) is 8.22. The highest BCUT2D eigenvalue weighted by Gasteiger charge is 2.12. The van der Waals surface area contributed by atoms with Gasteiger partial charge in [-0.1, -0.05) is 33.1 Å². The predicted molar refractivity (Wildman–Crippen MR) is 81.8 cm³/mol. The number of anilines is 2. The largest absolute Gasteiger partial charge is 0.461 e. The molecule has 0 aliphatic rings. The van der Waals surface area contributed by atoms with Gasteiger partial charge in [0.1, 0.15) is 0 Å². The topological polar surface area (TPSA) is 86.0 Å². The smallest absolute Gasteiger partial charge is 0.323 e. The van der Waals surface area contributed by atoms with Crippen molar-refractivity contribution in [1.29, 1.82) is 0 Å². The normalized spacial score (nSPS) is 12.4. The van der Waals surface area contributed by atoms with E-state index in [9.17, 15) is 0 Å². The van der Waals surface area contributed by atoms with Crippen molar-refractivity contribution >= 4 is 11.9 Å². The van der Waals surface area contributed by atoms with Crippen LogP contribution in [0.1, 0.15) is 59.8 Å². The van der Waals surface area contributed by atoms with Crippen LogP contribution in [-0.4, -0.2) is 27.1 Å². The molecule has 0 amide bonds. The Bertz CT molecular complexity index is 397. The molecule has 1 aromatic heterocycles. The molecule has 0 spiro atoms. The second-order valence-corrected chi connectivity index (χ2v) is 5.24. The van der Waals surface area contributed by atoms with Crippen molar-refractivity contribution in [1.82, 2.24) is 15.0 Å². The molecule has 6 nitrogen and oxygen atoms in total. The average Bonchev–Trinajstić information content (AvgIpc) is 2.34. The number of aromatic nitrogens is 3. The van der Waals surface area contributed by atoms with Crippen molar-refractivity contribution in [3.05, 3.63) is 0 Å². The zero-order valence-electron chi connectivity index (χ0n) is 13.0. The van der Waals surface area contributed by atoms with Crippen LogP contribution in [0.3, 0.4) is 0 Å². The monoisotopic (exact) mass is 281 g/mol. The van der Waals surface area contributed by atoms with Crippen LogP contribution in [0.25, 0.3) is 0 Å². The number of nitrogens with one attached hydrogen (secondary N) is 1. The lowest BCUT2D eigenvalue weighted by Gasteiger charge is -2.18. The first-order chi connectivity index (χ1) is 9.55. The highest BCUT2D eigenvalue weighted by molar-refractivity contribution is 5.33. The standard InChI is InChI=1S/C14H27N5O/c1-5-7-9-11(8-6-2)16-13-17-12(15)18-14(19-13)20-10(3)4/h10-11H,5-9H2,1-4H3,(H3,15,16,17,18,19). The quantitative estimate of drug-likeness (QED) is 0.723. The Labute approximate surface area is 121 Å². The number of hydrogen-bond acceptors (Lipinski definition) is 6. The zero-order valence-corrected chi connectivity index (χ0v) is 13.0. The number of ether oxygens (including phenoxy) is 1. The van der Waals surface area contributed by atoms with E-state index in [0.717, 1.165) is 19.3 Å². The van der Waals surface area contributed by atoms with Gasteiger partial charge in [-0.25, -0.2) is 0 Å². The third-order valence-corrected chi connectivity index (χ3v) is 2.85. The fourth-order valence-corrected chi connectivity index (χ4v) is 1.97. The lowest BCUT2D eigenvalue weighted by Crippen LogP contribution is -2.22. The molecule has 0 radical (unpaired) electrons. The molecule has 3 N–H and O–H groups in total. The van der Waals surface area contributed by atoms with Gasteiger partial charge in [0.2, 0.25) is 11.9 Å². The van der Waals surface area contributed by atoms with Gasteiger partial charge in [0.25, 0.3) is 0 Å². The van der Waals surface area contributed by atoms with Gasteiger partial charge in [0.15, 0.2) is 0 Å². The summed E-state index contributed by atoms with van der Waals surface area (Å²) >= 11 is 0. The van der Waals surface area contributed by atoms with Crippen LogP contribution in [0.15, 0.2) is 0 Å². The number of hydrogen-bond donors (Lipinski definition) is 2. The summed E-state index contributed by atoms with van der Waals surface area (Å²) in [5.41, 5.74) is 5.70. The number of unbranched alkanes of at least 4 members (excludes halogenated alkanes) is 1. The summed E-state index contributed by atoms with van der Waals surface area (Å²) in [5.74, 6) is 0.687. The molecule has 114 valence electrons. The molecule has 1 rings (SSSR count). The van der Waals surface area contributed by atoms with Crippen molar-refractivity contribution in [3.63, 3.8) is 0 Å². The van der Waals surface area contributed by atoms with E-state index in [-0.39, 0.29) is 18.1 Å². The Hall–Kier alpha value is -1.59. The van der Waals surface area contributed by atoms with Crippen molar-refractivity contribution in [2.45, 2.75) is 71.9 Å². The Balaban J connectivity index is 2.74. The maximum atomic E-state index is 5.70. The Morgan fingerprint density at radius 2 is 1.85 bits per heavy atom. The van der Waals surface area contributed by atoms with Gasteiger partial charge in [-0.05, 0) is 26.7 Å². The van der Waals surface area contributed by atoms with E-state index in [2.05, 4.69) is 34.1 Å². The first-order valence-corrected chi connectivity index (χ1v) is 7.49. The van der Waals surface area contributed by atoms with Crippen molar-refractivity contribution in [2.75, 3.05) is 11.1 Å². The van der Waals surface area contributed by atoms with E-state index >= 15 is 0 Å². The second kappa shape index (κ2) is 8.55. The fourth-order valence-electron chi connectivity index (χ4n) is 1.97. The van der Waals surface area contributed by atoms with Crippen molar-refractivity contribution in [3.8, 4) is 6.01 Å². The molecule has 1 aromatic rings. The number of rotatable bonds is 9. The number of nitrogens with zero attached hydrogens (tertiary/aromatic N) is 3. The van der Waals surface area contributed by atoms with Crippen LogP contribution in [-0.2, 0) is 0 Å². The van der Waals surface area contributed by atoms with Gasteiger partial charge in [0, 0.05) is 6.04 Å². The zero-order chi connectivity index (χ0) is 15.0. The molecule has 0 aliphatic heterocycles. The minimum Gasteiger partial charge on any atom is -0.461 e. The molecule has 0 saturated carbocycles. The van der Waals surface area contributed by atoms with Gasteiger partial charge >= 0.3 is 6.01 Å². The summed E-state index contributed by atoms with van der Waals surface area (Å²) in [5, 5.41) is 3.35. The van der Waals surface area contributed by atoms with E-state index in [1.807, 2.05) is 13.8 Å². The summed E-state index contributed by atoms with van der Waals surface area (Å²) in [7, 11) is 0. The molecule has 20 heavy (non-hydrogen) atoms. The first-order valence-electron chi connectivity index (χ1n) is 7.49. The van der Waals surface area contributed by atoms with E-state index in [4.69, 9.17) is 10.5 Å². The van der Waals surface area contributed by atoms with Crippen molar-refractivity contribution in [2.24, 2.45) is 0 Å². The summed E-state index contributed by atoms with van der Waals surface area (Å²) < 4.78 is 5.48. The SMILES string of the molecule is CCCCC(CCC)Nc1nc(N)nc(OC(C)C)n1. The lowest BCUT2D eigenvalue weighted by atomic mass is 10.1. The Morgan fingerprint density at radius 1 is 1.10 bits per heavy atom. The number of nitrogen functional groups attached to an aromatic ring is 1. The molecule has 1 unspecified atom stereocenters. The molecule has 0 saturated heterocycles. The molecular formula is C14H27N5O. The third-order valence-electron chi connectivity index (χ3n) is 2.85. The molecule has 0 aliphatic carbocycles. The third kappa shape index (κ3) is 6.04. The summed E-state index contributed by atoms with van der Waals surface area (Å²) in [6.07, 6.45) is 5.70. The summed E-state index contributed by atoms with van der Waals surface area (Å²) in [6, 6.07) is 0.648. The molecule has 0 bridgehead atoms. The predicted octanol–water partition coefficient (Wildman–Crippen LogP) is 3.01. The van der Waals surface area contributed by atoms with Gasteiger partial charge < -0.3 is 15.8 Å². The van der Waals surface area contributed by atoms with Crippen LogP contribution < -0.4 is 15.8 Å². The van der Waals surface area contributed by atoms with E-state index in [0.29, 0.717) is 12.0 Å². The van der Waals surface area contributed by atoms with Crippen LogP contribution >= 0.6 is 0 Å². The van der Waals surface area contributed by atoms with Crippen LogP contribution in [0, 0.1) is 0 Å². The summed E-state index contributed by atoms with van der Waals surface area (Å²) in [4.78, 5) is 12.4. The number of nitrogens with two attached hydrogens (primary N) is 1. The molecule has 6 heteroatoms. The van der Waals surface area contributed by atoms with E-state index < -0.39 is 0 Å². The molecule has 1 heterocycles. The van der Waals surface area contributed by atoms with Gasteiger partial charge in [0.05, 0.1) is 6.10 Å². The fraction of sp³-hybridized carbons (Fsp3) is 0.786. The average molecular weight is 281 g/mol. The first kappa shape index (κ1) is 16.5. The van der Waals surface area contributed by atoms with Crippen LogP contribution in [0.4, 0.5) is 11.9 Å². The van der Waals surface area contributed by atoms with Gasteiger partial charge in [-0.2, -0.15) is 15.0 Å². The minimum absolute atomic E-state index is 0.0104. The van der Waals surface area contributed by atoms with E-state index in [1.165, 1.54) is 12.8 Å². The van der Waals surface area contributed by atoms with Gasteiger partial charge in [-0.3, -0.25) is 0 Å². The Morgan fingerprint density at radius 3 is 2.45 bits per heavy atom. The maximum absolute atomic E-state index is 5.70. The lowest BCUT2D eigenvalue weighted by molar-refractivity contribution is 0.222. The molecule has 0 fully saturated rings. The molecule has 0 aromatic carbocycles. The van der Waals surface area contributed by atoms with E-state index in [1.54, 1.807) is 0 Å². The highest BCUT2D eigenvalue weighted by Crippen LogP contribution is 2.15. The van der Waals surface area contributed by atoms with Gasteiger partial charge in [-0.15, -0.1) is 0 Å². The van der Waals surface area contributed by atoms with Crippen LogP contribution in [0.5, 0.6) is 6.01 Å². The molecular weight excluding hydrogens is 254 g/mol. The maximum Gasteiger partial charge on any atom is 0.323 e.